The quantitative estimate of drug-likeness (QED) is 0.755. The average molecular weight is 328 g/mol. The highest BCUT2D eigenvalue weighted by Gasteiger charge is 2.15. The van der Waals surface area contributed by atoms with Crippen molar-refractivity contribution < 1.29 is 14.3 Å². The lowest BCUT2D eigenvalue weighted by molar-refractivity contribution is -0.122. The van der Waals surface area contributed by atoms with Crippen LogP contribution in [0.3, 0.4) is 0 Å². The smallest absolute Gasteiger partial charge is 0.319 e. The van der Waals surface area contributed by atoms with Crippen LogP contribution >= 0.6 is 0 Å². The van der Waals surface area contributed by atoms with Crippen molar-refractivity contribution >= 4 is 17.6 Å². The molecule has 0 radical (unpaired) electrons. The highest BCUT2D eigenvalue weighted by Crippen LogP contribution is 2.06. The molecule has 1 atom stereocenters. The molecule has 2 rings (SSSR count). The molecule has 0 saturated carbocycles. The highest BCUT2D eigenvalue weighted by molar-refractivity contribution is 5.93. The Bertz CT molecular complexity index is 674. The van der Waals surface area contributed by atoms with Crippen molar-refractivity contribution in [2.24, 2.45) is 0 Å². The van der Waals surface area contributed by atoms with E-state index in [1.807, 2.05) is 24.3 Å². The number of carbonyl (C=O) groups excluding carboxylic acids is 2. The number of benzene rings is 1. The van der Waals surface area contributed by atoms with Crippen molar-refractivity contribution in [2.45, 2.75) is 19.5 Å². The summed E-state index contributed by atoms with van der Waals surface area (Å²) in [5.74, 6) is 0.228. The first-order chi connectivity index (χ1) is 11.6. The van der Waals surface area contributed by atoms with E-state index >= 15 is 0 Å². The lowest BCUT2D eigenvalue weighted by Crippen LogP contribution is -2.46. The van der Waals surface area contributed by atoms with Crippen LogP contribution in [0.1, 0.15) is 12.5 Å². The van der Waals surface area contributed by atoms with Crippen LogP contribution in [0.4, 0.5) is 10.5 Å². The van der Waals surface area contributed by atoms with Crippen LogP contribution in [0.2, 0.25) is 0 Å². The maximum Gasteiger partial charge on any atom is 0.319 e. The summed E-state index contributed by atoms with van der Waals surface area (Å²) in [5.41, 5.74) is 1.50. The Labute approximate surface area is 140 Å². The van der Waals surface area contributed by atoms with Crippen LogP contribution in [-0.4, -0.2) is 30.1 Å². The number of methoxy groups -OCH3 is 1. The molecule has 7 heteroatoms. The van der Waals surface area contributed by atoms with E-state index < -0.39 is 12.1 Å². The Kier molecular flexibility index (Phi) is 6.13. The number of nitrogens with zero attached hydrogens (tertiary/aromatic N) is 1. The number of hydrogen-bond donors (Lipinski definition) is 3. The molecule has 1 aromatic heterocycles. The number of aromatic nitrogens is 1. The van der Waals surface area contributed by atoms with Crippen molar-refractivity contribution in [3.63, 3.8) is 0 Å². The van der Waals surface area contributed by atoms with E-state index in [1.165, 1.54) is 7.11 Å². The molecule has 0 fully saturated rings. The van der Waals surface area contributed by atoms with Crippen LogP contribution in [0.15, 0.2) is 48.7 Å². The Morgan fingerprint density at radius 2 is 1.92 bits per heavy atom. The molecule has 0 unspecified atom stereocenters. The molecule has 7 nitrogen and oxygen atoms in total. The van der Waals surface area contributed by atoms with Gasteiger partial charge in [-0.1, -0.05) is 24.3 Å². The Morgan fingerprint density at radius 3 is 2.54 bits per heavy atom. The van der Waals surface area contributed by atoms with Gasteiger partial charge < -0.3 is 20.7 Å². The molecule has 0 aliphatic rings. The number of rotatable bonds is 6. The van der Waals surface area contributed by atoms with Gasteiger partial charge in [-0.15, -0.1) is 0 Å². The summed E-state index contributed by atoms with van der Waals surface area (Å²) in [5, 5.41) is 7.99. The van der Waals surface area contributed by atoms with Crippen molar-refractivity contribution in [3.8, 4) is 5.88 Å². The second-order valence-corrected chi connectivity index (χ2v) is 5.11. The van der Waals surface area contributed by atoms with Gasteiger partial charge in [0.2, 0.25) is 11.8 Å². The normalized spacial score (nSPS) is 11.2. The van der Waals surface area contributed by atoms with Crippen LogP contribution < -0.4 is 20.7 Å². The minimum absolute atomic E-state index is 0.283. The number of carbonyl (C=O) groups is 2. The van der Waals surface area contributed by atoms with Crippen molar-refractivity contribution in [1.82, 2.24) is 15.6 Å². The first kappa shape index (κ1) is 17.3. The molecule has 24 heavy (non-hydrogen) atoms. The van der Waals surface area contributed by atoms with Gasteiger partial charge in [-0.2, -0.15) is 0 Å². The molecular formula is C17H20N4O3. The second-order valence-electron chi connectivity index (χ2n) is 5.11. The number of amides is 3. The monoisotopic (exact) mass is 328 g/mol. The van der Waals surface area contributed by atoms with Crippen molar-refractivity contribution in [2.75, 3.05) is 12.4 Å². The van der Waals surface area contributed by atoms with E-state index in [-0.39, 0.29) is 5.91 Å². The molecule has 0 spiro atoms. The molecule has 3 amide bonds. The van der Waals surface area contributed by atoms with Gasteiger partial charge in [0.15, 0.2) is 0 Å². The van der Waals surface area contributed by atoms with Crippen LogP contribution in [0.25, 0.3) is 0 Å². The summed E-state index contributed by atoms with van der Waals surface area (Å²) in [6, 6.07) is 11.4. The number of hydrogen-bond acceptors (Lipinski definition) is 4. The molecule has 0 aliphatic carbocycles. The second kappa shape index (κ2) is 8.52. The Morgan fingerprint density at radius 1 is 1.17 bits per heavy atom. The first-order valence-electron chi connectivity index (χ1n) is 7.47. The van der Waals surface area contributed by atoms with Crippen LogP contribution in [0, 0.1) is 0 Å². The minimum Gasteiger partial charge on any atom is -0.481 e. The van der Waals surface area contributed by atoms with E-state index in [0.717, 1.165) is 5.56 Å². The number of ether oxygens (including phenoxy) is 1. The standard InChI is InChI=1S/C17H20N4O3/c1-12(20-17(23)21-14-6-4-3-5-7-14)16(22)19-11-13-8-9-15(24-2)18-10-13/h3-10,12H,11H2,1-2H3,(H,19,22)(H2,20,21,23)/t12-/m0/s1. The molecule has 2 aromatic rings. The van der Waals surface area contributed by atoms with Crippen LogP contribution in [0.5, 0.6) is 5.88 Å². The van der Waals surface area contributed by atoms with Crippen molar-refractivity contribution in [3.05, 3.63) is 54.2 Å². The van der Waals surface area contributed by atoms with Gasteiger partial charge in [0.1, 0.15) is 6.04 Å². The predicted octanol–water partition coefficient (Wildman–Crippen LogP) is 1.92. The zero-order valence-electron chi connectivity index (χ0n) is 13.6. The zero-order valence-corrected chi connectivity index (χ0v) is 13.6. The van der Waals surface area contributed by atoms with E-state index in [4.69, 9.17) is 4.74 Å². The molecule has 0 aliphatic heterocycles. The minimum atomic E-state index is -0.667. The van der Waals surface area contributed by atoms with E-state index in [0.29, 0.717) is 18.1 Å². The summed E-state index contributed by atoms with van der Waals surface area (Å²) in [6.07, 6.45) is 1.62. The number of urea groups is 1. The average Bonchev–Trinajstić information content (AvgIpc) is 2.60. The summed E-state index contributed by atoms with van der Waals surface area (Å²) in [6.45, 7) is 1.94. The fourth-order valence-corrected chi connectivity index (χ4v) is 1.93. The van der Waals surface area contributed by atoms with E-state index in [9.17, 15) is 9.59 Å². The largest absolute Gasteiger partial charge is 0.481 e. The Balaban J connectivity index is 1.77. The van der Waals surface area contributed by atoms with Gasteiger partial charge in [-0.3, -0.25) is 4.79 Å². The lowest BCUT2D eigenvalue weighted by atomic mass is 10.2. The molecule has 1 aromatic carbocycles. The SMILES string of the molecule is COc1ccc(CNC(=O)[C@H](C)NC(=O)Nc2ccccc2)cn1. The molecule has 0 saturated heterocycles. The molecule has 1 heterocycles. The molecule has 126 valence electrons. The fourth-order valence-electron chi connectivity index (χ4n) is 1.93. The maximum atomic E-state index is 12.0. The third-order valence-corrected chi connectivity index (χ3v) is 3.25. The van der Waals surface area contributed by atoms with E-state index in [2.05, 4.69) is 20.9 Å². The zero-order chi connectivity index (χ0) is 17.4. The number of anilines is 1. The van der Waals surface area contributed by atoms with Gasteiger partial charge in [0.25, 0.3) is 0 Å². The van der Waals surface area contributed by atoms with Gasteiger partial charge in [-0.25, -0.2) is 9.78 Å². The number of pyridine rings is 1. The van der Waals surface area contributed by atoms with Gasteiger partial charge in [0, 0.05) is 24.5 Å². The summed E-state index contributed by atoms with van der Waals surface area (Å²) < 4.78 is 4.97. The summed E-state index contributed by atoms with van der Waals surface area (Å²) in [4.78, 5) is 27.9. The third kappa shape index (κ3) is 5.28. The number of para-hydroxylation sites is 1. The maximum absolute atomic E-state index is 12.0. The number of nitrogens with one attached hydrogen (secondary N) is 3. The summed E-state index contributed by atoms with van der Waals surface area (Å²) in [7, 11) is 1.54. The third-order valence-electron chi connectivity index (χ3n) is 3.25. The first-order valence-corrected chi connectivity index (χ1v) is 7.47. The van der Waals surface area contributed by atoms with E-state index in [1.54, 1.807) is 31.3 Å². The Hall–Kier alpha value is -3.09. The topological polar surface area (TPSA) is 92.4 Å². The molecule has 3 N–H and O–H groups in total. The molecule has 0 bridgehead atoms. The van der Waals surface area contributed by atoms with Crippen LogP contribution in [-0.2, 0) is 11.3 Å². The fraction of sp³-hybridized carbons (Fsp3) is 0.235. The predicted molar refractivity (Wildman–Crippen MR) is 90.7 cm³/mol. The van der Waals surface area contributed by atoms with Crippen molar-refractivity contribution in [1.29, 1.82) is 0 Å². The highest BCUT2D eigenvalue weighted by atomic mass is 16.5. The van der Waals surface area contributed by atoms with Gasteiger partial charge in [-0.05, 0) is 24.6 Å². The summed E-state index contributed by atoms with van der Waals surface area (Å²) >= 11 is 0. The van der Waals surface area contributed by atoms with Gasteiger partial charge >= 0.3 is 6.03 Å². The van der Waals surface area contributed by atoms with Gasteiger partial charge in [0.05, 0.1) is 7.11 Å². The molecular weight excluding hydrogens is 308 g/mol. The lowest BCUT2D eigenvalue weighted by Gasteiger charge is -2.15.